The van der Waals surface area contributed by atoms with Crippen molar-refractivity contribution in [1.82, 2.24) is 20.9 Å². The maximum absolute atomic E-state index is 12.5. The van der Waals surface area contributed by atoms with E-state index in [1.165, 1.54) is 0 Å². The van der Waals surface area contributed by atoms with E-state index in [-0.39, 0.29) is 42.3 Å². The molecule has 1 aliphatic rings. The second-order valence-electron chi connectivity index (χ2n) is 5.04. The number of rotatable bonds is 6. The number of hydrogen-bond acceptors (Lipinski definition) is 4. The number of halogens is 4. The van der Waals surface area contributed by atoms with Gasteiger partial charge in [0, 0.05) is 31.4 Å². The molecule has 1 heterocycles. The van der Waals surface area contributed by atoms with Gasteiger partial charge in [-0.15, -0.1) is 35.3 Å². The predicted octanol–water partition coefficient (Wildman–Crippen LogP) is 1.97. The van der Waals surface area contributed by atoms with Crippen LogP contribution in [0.4, 0.5) is 13.2 Å². The molecular formula is C13H19F3IN5OS. The van der Waals surface area contributed by atoms with Crippen molar-refractivity contribution >= 4 is 47.2 Å². The smallest absolute Gasteiger partial charge is 0.355 e. The third-order valence-corrected chi connectivity index (χ3v) is 3.99. The molecule has 0 bridgehead atoms. The summed E-state index contributed by atoms with van der Waals surface area (Å²) in [6.45, 7) is 1.09. The van der Waals surface area contributed by atoms with Gasteiger partial charge in [-0.1, -0.05) is 0 Å². The lowest BCUT2D eigenvalue weighted by atomic mass is 10.4. The van der Waals surface area contributed by atoms with E-state index in [1.807, 2.05) is 0 Å². The van der Waals surface area contributed by atoms with Crippen LogP contribution in [-0.2, 0) is 17.5 Å². The molecule has 24 heavy (non-hydrogen) atoms. The van der Waals surface area contributed by atoms with Gasteiger partial charge < -0.3 is 16.0 Å². The monoisotopic (exact) mass is 477 g/mol. The minimum absolute atomic E-state index is 0. The molecule has 3 N–H and O–H groups in total. The van der Waals surface area contributed by atoms with E-state index in [9.17, 15) is 18.0 Å². The van der Waals surface area contributed by atoms with Crippen LogP contribution in [0.15, 0.2) is 10.4 Å². The zero-order chi connectivity index (χ0) is 16.9. The summed E-state index contributed by atoms with van der Waals surface area (Å²) in [4.78, 5) is 18.9. The van der Waals surface area contributed by atoms with Crippen molar-refractivity contribution in [1.29, 1.82) is 0 Å². The highest BCUT2D eigenvalue weighted by Gasteiger charge is 2.33. The molecule has 0 aromatic carbocycles. The van der Waals surface area contributed by atoms with Gasteiger partial charge in [0.2, 0.25) is 5.91 Å². The van der Waals surface area contributed by atoms with Crippen LogP contribution in [-0.4, -0.2) is 37.0 Å². The number of aromatic nitrogens is 1. The van der Waals surface area contributed by atoms with Crippen molar-refractivity contribution in [3.8, 4) is 0 Å². The highest BCUT2D eigenvalue weighted by molar-refractivity contribution is 14.0. The van der Waals surface area contributed by atoms with E-state index in [2.05, 4.69) is 25.9 Å². The van der Waals surface area contributed by atoms with Crippen molar-refractivity contribution in [2.75, 3.05) is 20.1 Å². The van der Waals surface area contributed by atoms with E-state index in [0.717, 1.165) is 29.6 Å². The molecule has 0 aliphatic heterocycles. The number of amides is 1. The summed E-state index contributed by atoms with van der Waals surface area (Å²) in [5, 5.41) is 9.96. The average Bonchev–Trinajstić information content (AvgIpc) is 3.23. The maximum Gasteiger partial charge on any atom is 0.434 e. The Morgan fingerprint density at radius 1 is 1.33 bits per heavy atom. The number of alkyl halides is 3. The zero-order valence-corrected chi connectivity index (χ0v) is 16.1. The van der Waals surface area contributed by atoms with Gasteiger partial charge in [-0.2, -0.15) is 13.2 Å². The molecule has 0 spiro atoms. The molecule has 1 aromatic rings. The summed E-state index contributed by atoms with van der Waals surface area (Å²) in [6, 6.07) is 0. The molecule has 1 amide bonds. The second kappa shape index (κ2) is 9.39. The highest BCUT2D eigenvalue weighted by atomic mass is 127. The van der Waals surface area contributed by atoms with Crippen molar-refractivity contribution in [3.63, 3.8) is 0 Å². The van der Waals surface area contributed by atoms with E-state index < -0.39 is 11.9 Å². The number of nitrogens with one attached hydrogen (secondary N) is 3. The number of nitrogens with zero attached hydrogens (tertiary/aromatic N) is 2. The fourth-order valence-electron chi connectivity index (χ4n) is 1.76. The summed E-state index contributed by atoms with van der Waals surface area (Å²) in [6.07, 6.45) is -2.51. The standard InChI is InChI=1S/C13H18F3N5OS.HI/c1-17-12(19-5-4-18-11(22)8-2-3-8)20-6-10-21-9(7-23-10)13(14,15)16;/h7-8H,2-6H2,1H3,(H,18,22)(H2,17,19,20);1H. The van der Waals surface area contributed by atoms with Crippen LogP contribution in [0.2, 0.25) is 0 Å². The van der Waals surface area contributed by atoms with E-state index in [4.69, 9.17) is 0 Å². The lowest BCUT2D eigenvalue weighted by molar-refractivity contribution is -0.140. The normalized spacial score (nSPS) is 14.8. The second-order valence-corrected chi connectivity index (χ2v) is 5.98. The molecule has 136 valence electrons. The number of carbonyl (C=O) groups is 1. The first-order chi connectivity index (χ1) is 10.9. The summed E-state index contributed by atoms with van der Waals surface area (Å²) in [7, 11) is 1.56. The molecule has 2 rings (SSSR count). The molecule has 1 saturated carbocycles. The first kappa shape index (κ1) is 20.9. The van der Waals surface area contributed by atoms with Gasteiger partial charge in [-0.3, -0.25) is 9.79 Å². The fraction of sp³-hybridized carbons (Fsp3) is 0.615. The van der Waals surface area contributed by atoms with Gasteiger partial charge in [-0.25, -0.2) is 4.98 Å². The molecule has 6 nitrogen and oxygen atoms in total. The number of aliphatic imine (C=N–C) groups is 1. The third-order valence-electron chi connectivity index (χ3n) is 3.14. The maximum atomic E-state index is 12.5. The Morgan fingerprint density at radius 3 is 2.54 bits per heavy atom. The zero-order valence-electron chi connectivity index (χ0n) is 12.9. The van der Waals surface area contributed by atoms with Crippen LogP contribution in [0.5, 0.6) is 0 Å². The summed E-state index contributed by atoms with van der Waals surface area (Å²) >= 11 is 0.938. The van der Waals surface area contributed by atoms with Crippen molar-refractivity contribution in [2.24, 2.45) is 10.9 Å². The SMILES string of the molecule is CN=C(NCCNC(=O)C1CC1)NCc1nc(C(F)(F)F)cs1.I. The highest BCUT2D eigenvalue weighted by Crippen LogP contribution is 2.30. The van der Waals surface area contributed by atoms with Crippen LogP contribution >= 0.6 is 35.3 Å². The lowest BCUT2D eigenvalue weighted by Gasteiger charge is -2.11. The van der Waals surface area contributed by atoms with Crippen LogP contribution in [0.25, 0.3) is 0 Å². The summed E-state index contributed by atoms with van der Waals surface area (Å²) in [5.74, 6) is 0.673. The summed E-state index contributed by atoms with van der Waals surface area (Å²) in [5.41, 5.74) is -0.884. The van der Waals surface area contributed by atoms with Gasteiger partial charge in [0.25, 0.3) is 0 Å². The van der Waals surface area contributed by atoms with Crippen molar-refractivity contribution in [2.45, 2.75) is 25.6 Å². The van der Waals surface area contributed by atoms with E-state index in [1.54, 1.807) is 7.05 Å². The molecule has 0 atom stereocenters. The summed E-state index contributed by atoms with van der Waals surface area (Å²) < 4.78 is 37.4. The van der Waals surface area contributed by atoms with Gasteiger partial charge in [0.15, 0.2) is 11.7 Å². The van der Waals surface area contributed by atoms with Crippen LogP contribution < -0.4 is 16.0 Å². The van der Waals surface area contributed by atoms with Gasteiger partial charge >= 0.3 is 6.18 Å². The van der Waals surface area contributed by atoms with Crippen LogP contribution in [0.1, 0.15) is 23.5 Å². The third kappa shape index (κ3) is 6.79. The molecule has 0 radical (unpaired) electrons. The quantitative estimate of drug-likeness (QED) is 0.254. The molecule has 0 unspecified atom stereocenters. The fourth-order valence-corrected chi connectivity index (χ4v) is 2.50. The van der Waals surface area contributed by atoms with Gasteiger partial charge in [0.1, 0.15) is 5.01 Å². The lowest BCUT2D eigenvalue weighted by Crippen LogP contribution is -2.41. The molecular weight excluding hydrogens is 458 g/mol. The molecule has 0 saturated heterocycles. The predicted molar refractivity (Wildman–Crippen MR) is 96.5 cm³/mol. The van der Waals surface area contributed by atoms with Crippen LogP contribution in [0.3, 0.4) is 0 Å². The molecule has 1 aromatic heterocycles. The largest absolute Gasteiger partial charge is 0.434 e. The topological polar surface area (TPSA) is 78.4 Å². The molecule has 11 heteroatoms. The number of guanidine groups is 1. The van der Waals surface area contributed by atoms with E-state index in [0.29, 0.717) is 24.1 Å². The van der Waals surface area contributed by atoms with Crippen LogP contribution in [0, 0.1) is 5.92 Å². The van der Waals surface area contributed by atoms with Gasteiger partial charge in [0.05, 0.1) is 6.54 Å². The number of hydrogen-bond donors (Lipinski definition) is 3. The van der Waals surface area contributed by atoms with E-state index >= 15 is 0 Å². The Morgan fingerprint density at radius 2 is 2.00 bits per heavy atom. The Labute approximate surface area is 158 Å². The Balaban J connectivity index is 0.00000288. The Hall–Kier alpha value is -1.11. The average molecular weight is 477 g/mol. The number of carbonyl (C=O) groups excluding carboxylic acids is 1. The molecule has 1 fully saturated rings. The minimum atomic E-state index is -4.42. The Bertz CT molecular complexity index is 574. The number of thiazole rings is 1. The Kier molecular flexibility index (Phi) is 8.19. The first-order valence-corrected chi connectivity index (χ1v) is 8.02. The first-order valence-electron chi connectivity index (χ1n) is 7.14. The minimum Gasteiger partial charge on any atom is -0.355 e. The van der Waals surface area contributed by atoms with Crippen molar-refractivity contribution < 1.29 is 18.0 Å². The van der Waals surface area contributed by atoms with Gasteiger partial charge in [-0.05, 0) is 12.8 Å². The molecule has 1 aliphatic carbocycles. The van der Waals surface area contributed by atoms with Crippen molar-refractivity contribution in [3.05, 3.63) is 16.1 Å².